The summed E-state index contributed by atoms with van der Waals surface area (Å²) in [6.07, 6.45) is 2.01. The van der Waals surface area contributed by atoms with Gasteiger partial charge in [0.1, 0.15) is 10.8 Å². The summed E-state index contributed by atoms with van der Waals surface area (Å²) in [5.41, 5.74) is 1.90. The highest BCUT2D eigenvalue weighted by Crippen LogP contribution is 2.34. The number of aryl methyl sites for hydroxylation is 1. The van der Waals surface area contributed by atoms with E-state index in [9.17, 15) is 14.4 Å². The monoisotopic (exact) mass is 481 g/mol. The Morgan fingerprint density at radius 2 is 1.93 bits per heavy atom. The summed E-state index contributed by atoms with van der Waals surface area (Å²) in [7, 11) is 0. The van der Waals surface area contributed by atoms with Crippen LogP contribution in [0.15, 0.2) is 22.7 Å². The maximum atomic E-state index is 12.4. The van der Waals surface area contributed by atoms with Gasteiger partial charge < -0.3 is 14.8 Å². The molecule has 1 heterocycles. The number of ketones is 1. The molecule has 2 rings (SSSR count). The molecule has 0 aliphatic rings. The molecule has 1 aromatic heterocycles. The third-order valence-corrected chi connectivity index (χ3v) is 6.02. The number of rotatable bonds is 9. The summed E-state index contributed by atoms with van der Waals surface area (Å²) in [5.74, 6) is -0.626. The van der Waals surface area contributed by atoms with Crippen molar-refractivity contribution in [2.75, 3.05) is 18.5 Å². The maximum absolute atomic E-state index is 12.4. The topological polar surface area (TPSA) is 81.7 Å². The first-order valence-electron chi connectivity index (χ1n) is 9.30. The average Bonchev–Trinajstić information content (AvgIpc) is 2.97. The molecule has 29 heavy (non-hydrogen) atoms. The smallest absolute Gasteiger partial charge is 0.341 e. The Morgan fingerprint density at radius 3 is 2.52 bits per heavy atom. The quantitative estimate of drug-likeness (QED) is 0.394. The van der Waals surface area contributed by atoms with Gasteiger partial charge >= 0.3 is 5.97 Å². The fraction of sp³-hybridized carbons (Fsp3) is 0.381. The minimum Gasteiger partial charge on any atom is -0.483 e. The minimum absolute atomic E-state index is 0.175. The summed E-state index contributed by atoms with van der Waals surface area (Å²) in [4.78, 5) is 37.0. The molecule has 0 radical (unpaired) electrons. The molecule has 0 atom stereocenters. The highest BCUT2D eigenvalue weighted by Gasteiger charge is 2.25. The zero-order valence-electron chi connectivity index (χ0n) is 16.9. The number of hydrogen-bond donors (Lipinski definition) is 1. The summed E-state index contributed by atoms with van der Waals surface area (Å²) >= 11 is 4.52. The van der Waals surface area contributed by atoms with Gasteiger partial charge in [-0.15, -0.1) is 11.3 Å². The van der Waals surface area contributed by atoms with Crippen molar-refractivity contribution in [3.05, 3.63) is 44.2 Å². The van der Waals surface area contributed by atoms with Crippen molar-refractivity contribution in [2.45, 2.75) is 40.5 Å². The van der Waals surface area contributed by atoms with Gasteiger partial charge in [-0.1, -0.05) is 19.4 Å². The Bertz CT molecular complexity index is 922. The first kappa shape index (κ1) is 23.1. The van der Waals surface area contributed by atoms with Crippen LogP contribution in [0.2, 0.25) is 0 Å². The van der Waals surface area contributed by atoms with Gasteiger partial charge in [0.15, 0.2) is 12.4 Å². The largest absolute Gasteiger partial charge is 0.483 e. The molecule has 6 nitrogen and oxygen atoms in total. The van der Waals surface area contributed by atoms with E-state index < -0.39 is 11.9 Å². The Kier molecular flexibility index (Phi) is 8.40. The predicted octanol–water partition coefficient (Wildman–Crippen LogP) is 5.17. The second-order valence-electron chi connectivity index (χ2n) is 6.39. The van der Waals surface area contributed by atoms with Crippen molar-refractivity contribution in [1.29, 1.82) is 0 Å². The first-order chi connectivity index (χ1) is 13.8. The molecule has 0 aliphatic carbocycles. The van der Waals surface area contributed by atoms with Gasteiger partial charge in [-0.05, 0) is 66.4 Å². The number of thiophene rings is 1. The molecule has 0 aliphatic heterocycles. The Balaban J connectivity index is 2.13. The average molecular weight is 482 g/mol. The van der Waals surface area contributed by atoms with Crippen LogP contribution in [0.1, 0.15) is 58.3 Å². The summed E-state index contributed by atoms with van der Waals surface area (Å²) in [5, 5.41) is 2.96. The molecule has 0 saturated heterocycles. The van der Waals surface area contributed by atoms with Crippen LogP contribution in [0, 0.1) is 6.92 Å². The summed E-state index contributed by atoms with van der Waals surface area (Å²) < 4.78 is 11.4. The van der Waals surface area contributed by atoms with E-state index in [1.54, 1.807) is 13.8 Å². The van der Waals surface area contributed by atoms with Crippen LogP contribution < -0.4 is 10.1 Å². The highest BCUT2D eigenvalue weighted by molar-refractivity contribution is 9.10. The zero-order chi connectivity index (χ0) is 21.6. The normalized spacial score (nSPS) is 10.5. The summed E-state index contributed by atoms with van der Waals surface area (Å²) in [6.45, 7) is 6.85. The fourth-order valence-electron chi connectivity index (χ4n) is 2.80. The van der Waals surface area contributed by atoms with Crippen LogP contribution >= 0.6 is 27.3 Å². The number of carbonyl (C=O) groups excluding carboxylic acids is 3. The number of anilines is 1. The Hall–Kier alpha value is -2.19. The highest BCUT2D eigenvalue weighted by atomic mass is 79.9. The minimum atomic E-state index is -0.570. The van der Waals surface area contributed by atoms with E-state index in [1.165, 1.54) is 12.5 Å². The molecular formula is C21H24BrNO5S. The van der Waals surface area contributed by atoms with E-state index in [-0.39, 0.29) is 29.6 Å². The third-order valence-electron chi connectivity index (χ3n) is 4.09. The second kappa shape index (κ2) is 10.5. The van der Waals surface area contributed by atoms with Gasteiger partial charge in [0.2, 0.25) is 0 Å². The van der Waals surface area contributed by atoms with Gasteiger partial charge in [0.05, 0.1) is 21.5 Å². The summed E-state index contributed by atoms with van der Waals surface area (Å²) in [6, 6.07) is 5.75. The van der Waals surface area contributed by atoms with Crippen LogP contribution in [0.5, 0.6) is 5.75 Å². The van der Waals surface area contributed by atoms with E-state index >= 15 is 0 Å². The van der Waals surface area contributed by atoms with Gasteiger partial charge in [0.25, 0.3) is 5.91 Å². The molecule has 0 bridgehead atoms. The molecule has 0 fully saturated rings. The molecule has 8 heteroatoms. The van der Waals surface area contributed by atoms with Crippen molar-refractivity contribution < 1.29 is 23.9 Å². The van der Waals surface area contributed by atoms with Crippen LogP contribution in [0.3, 0.4) is 0 Å². The number of benzene rings is 1. The molecule has 1 amide bonds. The van der Waals surface area contributed by atoms with E-state index in [0.717, 1.165) is 28.7 Å². The van der Waals surface area contributed by atoms with Crippen LogP contribution in [0.25, 0.3) is 0 Å². The number of carbonyl (C=O) groups is 3. The zero-order valence-corrected chi connectivity index (χ0v) is 19.3. The number of esters is 1. The SMILES string of the molecule is CCCc1ccc(OCC(=O)Nc2sc(C(C)=O)c(C)c2C(=O)OCC)c(Br)c1. The lowest BCUT2D eigenvalue weighted by atomic mass is 10.1. The van der Waals surface area contributed by atoms with Crippen LogP contribution in [0.4, 0.5) is 5.00 Å². The number of hydrogen-bond acceptors (Lipinski definition) is 6. The lowest BCUT2D eigenvalue weighted by Crippen LogP contribution is -2.21. The van der Waals surface area contributed by atoms with Crippen molar-refractivity contribution in [1.82, 2.24) is 0 Å². The standard InChI is InChI=1S/C21H24BrNO5S/c1-5-7-14-8-9-16(15(22)10-14)28-11-17(25)23-20-18(21(26)27-6-2)12(3)19(29-20)13(4)24/h8-10H,5-7,11H2,1-4H3,(H,23,25). The maximum Gasteiger partial charge on any atom is 0.341 e. The second-order valence-corrected chi connectivity index (χ2v) is 8.26. The molecule has 156 valence electrons. The number of halogens is 1. The molecule has 0 saturated carbocycles. The molecule has 0 spiro atoms. The number of nitrogens with one attached hydrogen (secondary N) is 1. The molecular weight excluding hydrogens is 458 g/mol. The number of ether oxygens (including phenoxy) is 2. The lowest BCUT2D eigenvalue weighted by Gasteiger charge is -2.10. The molecule has 1 N–H and O–H groups in total. The Morgan fingerprint density at radius 1 is 1.21 bits per heavy atom. The molecule has 2 aromatic rings. The van der Waals surface area contributed by atoms with Gasteiger partial charge in [-0.3, -0.25) is 9.59 Å². The molecule has 1 aromatic carbocycles. The lowest BCUT2D eigenvalue weighted by molar-refractivity contribution is -0.118. The van der Waals surface area contributed by atoms with Gasteiger partial charge in [-0.25, -0.2) is 4.79 Å². The number of Topliss-reactive ketones (excluding diaryl/α,β-unsaturated/α-hetero) is 1. The van der Waals surface area contributed by atoms with Gasteiger partial charge in [-0.2, -0.15) is 0 Å². The van der Waals surface area contributed by atoms with Crippen LogP contribution in [-0.4, -0.2) is 30.9 Å². The van der Waals surface area contributed by atoms with E-state index in [2.05, 4.69) is 28.2 Å². The van der Waals surface area contributed by atoms with Crippen molar-refractivity contribution in [3.63, 3.8) is 0 Å². The first-order valence-corrected chi connectivity index (χ1v) is 10.9. The third kappa shape index (κ3) is 5.90. The van der Waals surface area contributed by atoms with Crippen LogP contribution in [-0.2, 0) is 16.0 Å². The van der Waals surface area contributed by atoms with Gasteiger partial charge in [0, 0.05) is 0 Å². The Labute approximate surface area is 182 Å². The van der Waals surface area contributed by atoms with Crippen molar-refractivity contribution >= 4 is 49.9 Å². The van der Waals surface area contributed by atoms with E-state index in [1.807, 2.05) is 18.2 Å². The fourth-order valence-corrected chi connectivity index (χ4v) is 4.45. The van der Waals surface area contributed by atoms with E-state index in [0.29, 0.717) is 16.2 Å². The number of amides is 1. The van der Waals surface area contributed by atoms with E-state index in [4.69, 9.17) is 9.47 Å². The van der Waals surface area contributed by atoms with Crippen molar-refractivity contribution in [3.8, 4) is 5.75 Å². The predicted molar refractivity (Wildman–Crippen MR) is 117 cm³/mol. The molecule has 0 unspecified atom stereocenters. The van der Waals surface area contributed by atoms with Crippen molar-refractivity contribution in [2.24, 2.45) is 0 Å².